The van der Waals surface area contributed by atoms with E-state index in [4.69, 9.17) is 9.84 Å². The number of phenolic OH excluding ortho intramolecular Hbond substituents is 1. The molecule has 0 radical (unpaired) electrons. The summed E-state index contributed by atoms with van der Waals surface area (Å²) in [6.07, 6.45) is 3.32. The minimum atomic E-state index is -1.01. The highest BCUT2D eigenvalue weighted by Gasteiger charge is 2.02. The Hall–Kier alpha value is -1.97. The molecule has 0 aliphatic rings. The summed E-state index contributed by atoms with van der Waals surface area (Å²) in [6, 6.07) is 4.70. The molecule has 4 heteroatoms. The molecule has 0 heterocycles. The van der Waals surface area contributed by atoms with Gasteiger partial charge in [0.15, 0.2) is 11.5 Å². The average Bonchev–Trinajstić information content (AvgIpc) is 2.26. The largest absolute Gasteiger partial charge is 0.504 e. The monoisotopic (exact) mass is 222 g/mol. The number of rotatable bonds is 5. The lowest BCUT2D eigenvalue weighted by atomic mass is 10.2. The zero-order valence-corrected chi connectivity index (χ0v) is 9.01. The van der Waals surface area contributed by atoms with Crippen molar-refractivity contribution in [3.05, 3.63) is 29.8 Å². The average molecular weight is 222 g/mol. The molecule has 86 valence electrons. The minimum absolute atomic E-state index is 0.0564. The van der Waals surface area contributed by atoms with Gasteiger partial charge in [0.1, 0.15) is 0 Å². The van der Waals surface area contributed by atoms with Crippen molar-refractivity contribution in [2.45, 2.75) is 13.3 Å². The van der Waals surface area contributed by atoms with Crippen LogP contribution in [0, 0.1) is 0 Å². The van der Waals surface area contributed by atoms with Crippen LogP contribution in [0.1, 0.15) is 18.9 Å². The third-order valence-electron chi connectivity index (χ3n) is 1.86. The molecule has 16 heavy (non-hydrogen) atoms. The molecule has 0 aromatic heterocycles. The maximum absolute atomic E-state index is 10.3. The molecule has 0 saturated carbocycles. The molecule has 0 fully saturated rings. The summed E-state index contributed by atoms with van der Waals surface area (Å²) >= 11 is 0. The lowest BCUT2D eigenvalue weighted by Crippen LogP contribution is -1.95. The van der Waals surface area contributed by atoms with Gasteiger partial charge in [-0.05, 0) is 30.2 Å². The van der Waals surface area contributed by atoms with Crippen LogP contribution in [0.25, 0.3) is 6.08 Å². The molecule has 0 bridgehead atoms. The Bertz CT molecular complexity index is 396. The van der Waals surface area contributed by atoms with E-state index in [1.54, 1.807) is 12.1 Å². The Morgan fingerprint density at radius 1 is 1.50 bits per heavy atom. The fraction of sp³-hybridized carbons (Fsp3) is 0.250. The molecule has 1 rings (SSSR count). The number of carboxylic acids is 1. The first kappa shape index (κ1) is 12.1. The molecule has 0 unspecified atom stereocenters. The standard InChI is InChI=1S/C12H14O4/c1-2-7-16-11-8-9(3-5-10(11)13)4-6-12(14)15/h3-6,8,13H,2,7H2,1H3,(H,14,15)/b6-4+. The number of ether oxygens (including phenoxy) is 1. The molecular weight excluding hydrogens is 208 g/mol. The van der Waals surface area contributed by atoms with Gasteiger partial charge in [-0.2, -0.15) is 0 Å². The van der Waals surface area contributed by atoms with Crippen molar-refractivity contribution < 1.29 is 19.7 Å². The molecule has 0 spiro atoms. The van der Waals surface area contributed by atoms with Crippen LogP contribution in [0.5, 0.6) is 11.5 Å². The van der Waals surface area contributed by atoms with Crippen molar-refractivity contribution in [3.8, 4) is 11.5 Å². The highest BCUT2D eigenvalue weighted by molar-refractivity contribution is 5.85. The predicted molar refractivity (Wildman–Crippen MR) is 60.6 cm³/mol. The van der Waals surface area contributed by atoms with Gasteiger partial charge in [0.05, 0.1) is 6.61 Å². The summed E-state index contributed by atoms with van der Waals surface area (Å²) < 4.78 is 5.30. The molecule has 1 aromatic carbocycles. The Kier molecular flexibility index (Phi) is 4.39. The van der Waals surface area contributed by atoms with Crippen molar-refractivity contribution in [2.24, 2.45) is 0 Å². The highest BCUT2D eigenvalue weighted by atomic mass is 16.5. The smallest absolute Gasteiger partial charge is 0.328 e. The second kappa shape index (κ2) is 5.80. The first-order chi connectivity index (χ1) is 7.63. The van der Waals surface area contributed by atoms with Gasteiger partial charge < -0.3 is 14.9 Å². The SMILES string of the molecule is CCCOc1cc(/C=C/C(=O)O)ccc1O. The van der Waals surface area contributed by atoms with Crippen LogP contribution < -0.4 is 4.74 Å². The first-order valence-electron chi connectivity index (χ1n) is 5.00. The number of carboxylic acid groups (broad SMARTS) is 1. The Morgan fingerprint density at radius 3 is 2.88 bits per heavy atom. The second-order valence-electron chi connectivity index (χ2n) is 3.25. The van der Waals surface area contributed by atoms with E-state index in [-0.39, 0.29) is 5.75 Å². The molecule has 0 saturated heterocycles. The second-order valence-corrected chi connectivity index (χ2v) is 3.25. The molecule has 0 aliphatic heterocycles. The molecule has 1 aromatic rings. The maximum atomic E-state index is 10.3. The molecule has 0 amide bonds. The third kappa shape index (κ3) is 3.65. The van der Waals surface area contributed by atoms with Crippen molar-refractivity contribution in [1.82, 2.24) is 0 Å². The van der Waals surface area contributed by atoms with E-state index in [1.165, 1.54) is 12.1 Å². The number of hydrogen-bond donors (Lipinski definition) is 2. The van der Waals surface area contributed by atoms with E-state index in [1.807, 2.05) is 6.92 Å². The quantitative estimate of drug-likeness (QED) is 0.750. The summed E-state index contributed by atoms with van der Waals surface area (Å²) in [5.41, 5.74) is 0.673. The van der Waals surface area contributed by atoms with Gasteiger partial charge in [-0.15, -0.1) is 0 Å². The number of benzene rings is 1. The fourth-order valence-corrected chi connectivity index (χ4v) is 1.13. The first-order valence-corrected chi connectivity index (χ1v) is 5.00. The van der Waals surface area contributed by atoms with Crippen molar-refractivity contribution in [3.63, 3.8) is 0 Å². The van der Waals surface area contributed by atoms with E-state index in [2.05, 4.69) is 0 Å². The number of carbonyl (C=O) groups is 1. The van der Waals surface area contributed by atoms with Gasteiger partial charge in [0.2, 0.25) is 0 Å². The van der Waals surface area contributed by atoms with Crippen LogP contribution in [0.2, 0.25) is 0 Å². The Morgan fingerprint density at radius 2 is 2.25 bits per heavy atom. The van der Waals surface area contributed by atoms with E-state index < -0.39 is 5.97 Å². The van der Waals surface area contributed by atoms with Gasteiger partial charge in [-0.3, -0.25) is 0 Å². The minimum Gasteiger partial charge on any atom is -0.504 e. The fourth-order valence-electron chi connectivity index (χ4n) is 1.13. The molecule has 0 atom stereocenters. The van der Waals surface area contributed by atoms with Crippen LogP contribution in [0.3, 0.4) is 0 Å². The summed E-state index contributed by atoms with van der Waals surface area (Å²) in [6.45, 7) is 2.48. The van der Waals surface area contributed by atoms with Crippen molar-refractivity contribution >= 4 is 12.0 Å². The van der Waals surface area contributed by atoms with Crippen LogP contribution in [-0.2, 0) is 4.79 Å². The summed E-state index contributed by atoms with van der Waals surface area (Å²) in [4.78, 5) is 10.3. The molecule has 2 N–H and O–H groups in total. The lowest BCUT2D eigenvalue weighted by molar-refractivity contribution is -0.131. The Labute approximate surface area is 93.8 Å². The highest BCUT2D eigenvalue weighted by Crippen LogP contribution is 2.27. The van der Waals surface area contributed by atoms with Gasteiger partial charge >= 0.3 is 5.97 Å². The van der Waals surface area contributed by atoms with Crippen LogP contribution >= 0.6 is 0 Å². The van der Waals surface area contributed by atoms with Crippen LogP contribution in [-0.4, -0.2) is 22.8 Å². The summed E-state index contributed by atoms with van der Waals surface area (Å²) in [5.74, 6) is -0.584. The molecule has 4 nitrogen and oxygen atoms in total. The maximum Gasteiger partial charge on any atom is 0.328 e. The summed E-state index contributed by atoms with van der Waals surface area (Å²) in [5, 5.41) is 17.9. The van der Waals surface area contributed by atoms with E-state index in [0.717, 1.165) is 12.5 Å². The topological polar surface area (TPSA) is 66.8 Å². The van der Waals surface area contributed by atoms with Gasteiger partial charge in [-0.25, -0.2) is 4.79 Å². The van der Waals surface area contributed by atoms with Gasteiger partial charge in [0, 0.05) is 6.08 Å². The van der Waals surface area contributed by atoms with E-state index in [9.17, 15) is 9.90 Å². The van der Waals surface area contributed by atoms with E-state index >= 15 is 0 Å². The number of aliphatic carboxylic acids is 1. The molecular formula is C12H14O4. The normalized spacial score (nSPS) is 10.6. The number of hydrogen-bond acceptors (Lipinski definition) is 3. The number of aromatic hydroxyl groups is 1. The van der Waals surface area contributed by atoms with Crippen molar-refractivity contribution in [2.75, 3.05) is 6.61 Å². The van der Waals surface area contributed by atoms with Gasteiger partial charge in [0.25, 0.3) is 0 Å². The zero-order valence-electron chi connectivity index (χ0n) is 9.01. The Balaban J connectivity index is 2.84. The predicted octanol–water partition coefficient (Wildman–Crippen LogP) is 2.28. The van der Waals surface area contributed by atoms with Crippen LogP contribution in [0.15, 0.2) is 24.3 Å². The zero-order chi connectivity index (χ0) is 12.0. The third-order valence-corrected chi connectivity index (χ3v) is 1.86. The van der Waals surface area contributed by atoms with E-state index in [0.29, 0.717) is 17.9 Å². The summed E-state index contributed by atoms with van der Waals surface area (Å²) in [7, 11) is 0. The molecule has 0 aliphatic carbocycles. The van der Waals surface area contributed by atoms with Crippen LogP contribution in [0.4, 0.5) is 0 Å². The van der Waals surface area contributed by atoms with Crippen molar-refractivity contribution in [1.29, 1.82) is 0 Å². The lowest BCUT2D eigenvalue weighted by Gasteiger charge is -2.07. The van der Waals surface area contributed by atoms with Gasteiger partial charge in [-0.1, -0.05) is 13.0 Å². The number of phenols is 1.